The summed E-state index contributed by atoms with van der Waals surface area (Å²) < 4.78 is 11.1. The van der Waals surface area contributed by atoms with Gasteiger partial charge in [0.2, 0.25) is 5.91 Å². The van der Waals surface area contributed by atoms with Crippen LogP contribution in [0.5, 0.6) is 17.2 Å². The Bertz CT molecular complexity index is 675. The van der Waals surface area contributed by atoms with Gasteiger partial charge in [-0.05, 0) is 48.7 Å². The standard InChI is InChI=1S/C19H24N2O3.ClH/c1-13(2)12-16(20)19(22)21-14-8-10-15(11-9-14)24-18-7-5-4-6-17(18)23-3;/h4-11,13,16H,12,20H2,1-3H3,(H,21,22);1H/t16-;/m0./s1. The molecule has 2 rings (SSSR count). The Morgan fingerprint density at radius 3 is 2.24 bits per heavy atom. The first-order chi connectivity index (χ1) is 11.5. The van der Waals surface area contributed by atoms with Crippen molar-refractivity contribution >= 4 is 24.0 Å². The number of nitrogens with two attached hydrogens (primary N) is 1. The first-order valence-electron chi connectivity index (χ1n) is 7.97. The fourth-order valence-corrected chi connectivity index (χ4v) is 2.29. The van der Waals surface area contributed by atoms with E-state index in [2.05, 4.69) is 5.32 Å². The van der Waals surface area contributed by atoms with Crippen LogP contribution in [-0.2, 0) is 4.79 Å². The molecular weight excluding hydrogens is 340 g/mol. The second-order valence-corrected chi connectivity index (χ2v) is 6.00. The number of para-hydroxylation sites is 2. The summed E-state index contributed by atoms with van der Waals surface area (Å²) in [4.78, 5) is 12.0. The smallest absolute Gasteiger partial charge is 0.241 e. The van der Waals surface area contributed by atoms with E-state index in [9.17, 15) is 4.79 Å². The van der Waals surface area contributed by atoms with Gasteiger partial charge in [-0.15, -0.1) is 12.4 Å². The minimum absolute atomic E-state index is 0. The zero-order valence-corrected chi connectivity index (χ0v) is 15.5. The highest BCUT2D eigenvalue weighted by Crippen LogP contribution is 2.31. The van der Waals surface area contributed by atoms with Crippen molar-refractivity contribution < 1.29 is 14.3 Å². The van der Waals surface area contributed by atoms with Gasteiger partial charge in [-0.1, -0.05) is 26.0 Å². The van der Waals surface area contributed by atoms with Crippen molar-refractivity contribution in [1.29, 1.82) is 0 Å². The van der Waals surface area contributed by atoms with Gasteiger partial charge >= 0.3 is 0 Å². The van der Waals surface area contributed by atoms with E-state index in [0.29, 0.717) is 35.3 Å². The molecule has 2 aromatic carbocycles. The maximum atomic E-state index is 12.0. The third-order valence-corrected chi connectivity index (χ3v) is 3.48. The minimum atomic E-state index is -0.505. The van der Waals surface area contributed by atoms with Crippen LogP contribution in [0.25, 0.3) is 0 Å². The van der Waals surface area contributed by atoms with E-state index in [1.54, 1.807) is 31.4 Å². The molecule has 3 N–H and O–H groups in total. The third-order valence-electron chi connectivity index (χ3n) is 3.48. The second kappa shape index (κ2) is 9.91. The predicted molar refractivity (Wildman–Crippen MR) is 103 cm³/mol. The molecule has 0 aliphatic rings. The van der Waals surface area contributed by atoms with Gasteiger partial charge in [0.15, 0.2) is 11.5 Å². The molecule has 0 aliphatic heterocycles. The lowest BCUT2D eigenvalue weighted by atomic mass is 10.0. The Kier molecular flexibility index (Phi) is 8.25. The van der Waals surface area contributed by atoms with Crippen molar-refractivity contribution in [2.24, 2.45) is 11.7 Å². The van der Waals surface area contributed by atoms with Gasteiger partial charge in [-0.2, -0.15) is 0 Å². The van der Waals surface area contributed by atoms with Crippen molar-refractivity contribution in [2.45, 2.75) is 26.3 Å². The summed E-state index contributed by atoms with van der Waals surface area (Å²) in [5.41, 5.74) is 6.57. The topological polar surface area (TPSA) is 73.6 Å². The SMILES string of the molecule is COc1ccccc1Oc1ccc(NC(=O)[C@@H](N)CC(C)C)cc1.Cl. The normalized spacial score (nSPS) is 11.4. The molecule has 0 fully saturated rings. The Morgan fingerprint density at radius 2 is 1.68 bits per heavy atom. The Morgan fingerprint density at radius 1 is 1.08 bits per heavy atom. The summed E-state index contributed by atoms with van der Waals surface area (Å²) in [5.74, 6) is 2.15. The van der Waals surface area contributed by atoms with Gasteiger partial charge in [0.1, 0.15) is 5.75 Å². The van der Waals surface area contributed by atoms with E-state index in [1.165, 1.54) is 0 Å². The van der Waals surface area contributed by atoms with Crippen molar-refractivity contribution in [2.75, 3.05) is 12.4 Å². The lowest BCUT2D eigenvalue weighted by Crippen LogP contribution is -2.36. The largest absolute Gasteiger partial charge is 0.493 e. The van der Waals surface area contributed by atoms with Crippen LogP contribution >= 0.6 is 12.4 Å². The van der Waals surface area contributed by atoms with Crippen molar-refractivity contribution in [3.63, 3.8) is 0 Å². The average Bonchev–Trinajstić information content (AvgIpc) is 2.56. The molecule has 0 bridgehead atoms. The van der Waals surface area contributed by atoms with Gasteiger partial charge < -0.3 is 20.5 Å². The highest BCUT2D eigenvalue weighted by Gasteiger charge is 2.15. The Balaban J connectivity index is 0.00000312. The van der Waals surface area contributed by atoms with E-state index in [1.807, 2.05) is 38.1 Å². The fourth-order valence-electron chi connectivity index (χ4n) is 2.29. The van der Waals surface area contributed by atoms with Crippen LogP contribution in [0.2, 0.25) is 0 Å². The molecular formula is C19H25ClN2O3. The average molecular weight is 365 g/mol. The van der Waals surface area contributed by atoms with Crippen molar-refractivity contribution in [3.8, 4) is 17.2 Å². The first kappa shape index (κ1) is 20.8. The molecule has 0 aliphatic carbocycles. The highest BCUT2D eigenvalue weighted by atomic mass is 35.5. The fraction of sp³-hybridized carbons (Fsp3) is 0.316. The number of anilines is 1. The molecule has 0 spiro atoms. The number of nitrogens with one attached hydrogen (secondary N) is 1. The van der Waals surface area contributed by atoms with Crippen LogP contribution in [0.4, 0.5) is 5.69 Å². The van der Waals surface area contributed by atoms with Crippen LogP contribution < -0.4 is 20.5 Å². The van der Waals surface area contributed by atoms with Crippen LogP contribution in [0.3, 0.4) is 0 Å². The zero-order valence-electron chi connectivity index (χ0n) is 14.7. The van der Waals surface area contributed by atoms with E-state index >= 15 is 0 Å². The number of carbonyl (C=O) groups is 1. The van der Waals surface area contributed by atoms with Crippen LogP contribution in [0.1, 0.15) is 20.3 Å². The summed E-state index contributed by atoms with van der Waals surface area (Å²) in [6.45, 7) is 4.08. The van der Waals surface area contributed by atoms with Crippen LogP contribution in [-0.4, -0.2) is 19.1 Å². The minimum Gasteiger partial charge on any atom is -0.493 e. The number of methoxy groups -OCH3 is 1. The lowest BCUT2D eigenvalue weighted by molar-refractivity contribution is -0.117. The molecule has 0 saturated carbocycles. The van der Waals surface area contributed by atoms with Crippen LogP contribution in [0.15, 0.2) is 48.5 Å². The van der Waals surface area contributed by atoms with E-state index < -0.39 is 6.04 Å². The van der Waals surface area contributed by atoms with Crippen molar-refractivity contribution in [3.05, 3.63) is 48.5 Å². The molecule has 5 nitrogen and oxygen atoms in total. The van der Waals surface area contributed by atoms with Gasteiger partial charge in [-0.25, -0.2) is 0 Å². The maximum absolute atomic E-state index is 12.0. The number of halogens is 1. The summed E-state index contributed by atoms with van der Waals surface area (Å²) in [6, 6.07) is 14.1. The Labute approximate surface area is 154 Å². The van der Waals surface area contributed by atoms with E-state index in [-0.39, 0.29) is 18.3 Å². The van der Waals surface area contributed by atoms with E-state index in [4.69, 9.17) is 15.2 Å². The van der Waals surface area contributed by atoms with Gasteiger partial charge in [-0.3, -0.25) is 4.79 Å². The molecule has 0 unspecified atom stereocenters. The zero-order chi connectivity index (χ0) is 17.5. The summed E-state index contributed by atoms with van der Waals surface area (Å²) in [5, 5.41) is 2.82. The number of hydrogen-bond donors (Lipinski definition) is 2. The number of hydrogen-bond acceptors (Lipinski definition) is 4. The molecule has 1 atom stereocenters. The first-order valence-corrected chi connectivity index (χ1v) is 7.97. The van der Waals surface area contributed by atoms with Gasteiger partial charge in [0, 0.05) is 5.69 Å². The van der Waals surface area contributed by atoms with Gasteiger partial charge in [0.25, 0.3) is 0 Å². The summed E-state index contributed by atoms with van der Waals surface area (Å²) in [7, 11) is 1.60. The monoisotopic (exact) mass is 364 g/mol. The van der Waals surface area contributed by atoms with Crippen LogP contribution in [0, 0.1) is 5.92 Å². The molecule has 6 heteroatoms. The lowest BCUT2D eigenvalue weighted by Gasteiger charge is -2.14. The molecule has 136 valence electrons. The maximum Gasteiger partial charge on any atom is 0.241 e. The van der Waals surface area contributed by atoms with Crippen molar-refractivity contribution in [1.82, 2.24) is 0 Å². The molecule has 0 radical (unpaired) electrons. The summed E-state index contributed by atoms with van der Waals surface area (Å²) >= 11 is 0. The summed E-state index contributed by atoms with van der Waals surface area (Å²) in [6.07, 6.45) is 0.654. The third kappa shape index (κ3) is 6.29. The van der Waals surface area contributed by atoms with Gasteiger partial charge in [0.05, 0.1) is 13.2 Å². The molecule has 2 aromatic rings. The molecule has 0 aromatic heterocycles. The highest BCUT2D eigenvalue weighted by molar-refractivity contribution is 5.94. The number of ether oxygens (including phenoxy) is 2. The second-order valence-electron chi connectivity index (χ2n) is 6.00. The predicted octanol–water partition coefficient (Wildman–Crippen LogP) is 4.22. The molecule has 0 saturated heterocycles. The number of rotatable bonds is 7. The number of carbonyl (C=O) groups excluding carboxylic acids is 1. The number of benzene rings is 2. The Hall–Kier alpha value is -2.24. The molecule has 25 heavy (non-hydrogen) atoms. The number of amides is 1. The molecule has 0 heterocycles. The van der Waals surface area contributed by atoms with E-state index in [0.717, 1.165) is 0 Å². The molecule has 1 amide bonds. The quantitative estimate of drug-likeness (QED) is 0.771.